The number of nitrogens with one attached hydrogen (secondary N) is 2. The van der Waals surface area contributed by atoms with E-state index in [2.05, 4.69) is 72.5 Å². The van der Waals surface area contributed by atoms with Crippen molar-refractivity contribution >= 4 is 5.96 Å². The summed E-state index contributed by atoms with van der Waals surface area (Å²) in [4.78, 5) is 6.70. The van der Waals surface area contributed by atoms with E-state index in [1.165, 1.54) is 11.1 Å². The van der Waals surface area contributed by atoms with E-state index in [0.29, 0.717) is 18.2 Å². The van der Waals surface area contributed by atoms with Crippen LogP contribution in [0.4, 0.5) is 0 Å². The summed E-state index contributed by atoms with van der Waals surface area (Å²) in [5.41, 5.74) is 2.61. The van der Waals surface area contributed by atoms with Crippen LogP contribution in [0.3, 0.4) is 0 Å². The Hall–Kier alpha value is -1.59. The Labute approximate surface area is 146 Å². The second kappa shape index (κ2) is 9.04. The predicted molar refractivity (Wildman–Crippen MR) is 100 cm³/mol. The Kier molecular flexibility index (Phi) is 7.06. The van der Waals surface area contributed by atoms with Gasteiger partial charge in [-0.15, -0.1) is 0 Å². The quantitative estimate of drug-likeness (QED) is 0.642. The molecule has 0 amide bonds. The molecule has 134 valence electrons. The van der Waals surface area contributed by atoms with Crippen molar-refractivity contribution in [2.45, 2.75) is 59.0 Å². The number of benzene rings is 1. The third-order valence-corrected chi connectivity index (χ3v) is 4.03. The SMILES string of the molecule is CN=C(NCc1ccc(CN2CC(C)OC(C)C2)cc1)NC(C)C. The van der Waals surface area contributed by atoms with Crippen molar-refractivity contribution in [3.8, 4) is 0 Å². The van der Waals surface area contributed by atoms with E-state index in [4.69, 9.17) is 4.74 Å². The maximum Gasteiger partial charge on any atom is 0.191 e. The molecule has 24 heavy (non-hydrogen) atoms. The maximum atomic E-state index is 5.80. The van der Waals surface area contributed by atoms with Gasteiger partial charge in [0.05, 0.1) is 12.2 Å². The largest absolute Gasteiger partial charge is 0.373 e. The average molecular weight is 332 g/mol. The summed E-state index contributed by atoms with van der Waals surface area (Å²) in [6.07, 6.45) is 0.634. The molecule has 1 aliphatic heterocycles. The molecule has 2 N–H and O–H groups in total. The van der Waals surface area contributed by atoms with Crippen molar-refractivity contribution in [3.63, 3.8) is 0 Å². The minimum Gasteiger partial charge on any atom is -0.373 e. The van der Waals surface area contributed by atoms with Crippen molar-refractivity contribution < 1.29 is 4.74 Å². The summed E-state index contributed by atoms with van der Waals surface area (Å²) in [5, 5.41) is 6.64. The van der Waals surface area contributed by atoms with E-state index in [9.17, 15) is 0 Å². The number of rotatable bonds is 5. The van der Waals surface area contributed by atoms with Gasteiger partial charge in [0.25, 0.3) is 0 Å². The predicted octanol–water partition coefficient (Wildman–Crippen LogP) is 2.37. The lowest BCUT2D eigenvalue weighted by molar-refractivity contribution is -0.0704. The van der Waals surface area contributed by atoms with Crippen LogP contribution in [0.15, 0.2) is 29.3 Å². The third-order valence-electron chi connectivity index (χ3n) is 4.03. The van der Waals surface area contributed by atoms with Crippen molar-refractivity contribution in [2.75, 3.05) is 20.1 Å². The Morgan fingerprint density at radius 2 is 1.75 bits per heavy atom. The Morgan fingerprint density at radius 1 is 1.17 bits per heavy atom. The van der Waals surface area contributed by atoms with Gasteiger partial charge in [0, 0.05) is 39.3 Å². The molecule has 5 nitrogen and oxygen atoms in total. The van der Waals surface area contributed by atoms with Crippen LogP contribution in [0.25, 0.3) is 0 Å². The highest BCUT2D eigenvalue weighted by Crippen LogP contribution is 2.14. The van der Waals surface area contributed by atoms with E-state index in [1.54, 1.807) is 7.05 Å². The molecule has 1 aromatic rings. The fraction of sp³-hybridized carbons (Fsp3) is 0.632. The molecule has 0 spiro atoms. The summed E-state index contributed by atoms with van der Waals surface area (Å²) < 4.78 is 5.80. The smallest absolute Gasteiger partial charge is 0.191 e. The summed E-state index contributed by atoms with van der Waals surface area (Å²) in [6, 6.07) is 9.20. The molecule has 2 atom stereocenters. The first-order chi connectivity index (χ1) is 11.5. The standard InChI is InChI=1S/C19H32N4O/c1-14(2)22-19(20-5)21-10-17-6-8-18(9-7-17)13-23-11-15(3)24-16(4)12-23/h6-9,14-16H,10-13H2,1-5H3,(H2,20,21,22). The molecular formula is C19H32N4O. The number of nitrogens with zero attached hydrogens (tertiary/aromatic N) is 2. The molecule has 2 rings (SSSR count). The number of hydrogen-bond donors (Lipinski definition) is 2. The molecule has 1 heterocycles. The molecule has 1 aliphatic rings. The average Bonchev–Trinajstić information content (AvgIpc) is 2.51. The van der Waals surface area contributed by atoms with Gasteiger partial charge in [0.15, 0.2) is 5.96 Å². The van der Waals surface area contributed by atoms with Gasteiger partial charge >= 0.3 is 0 Å². The number of hydrogen-bond acceptors (Lipinski definition) is 3. The van der Waals surface area contributed by atoms with Gasteiger partial charge in [-0.1, -0.05) is 24.3 Å². The molecule has 0 aliphatic carbocycles. The second-order valence-corrected chi connectivity index (χ2v) is 6.99. The minimum absolute atomic E-state index is 0.317. The molecule has 1 fully saturated rings. The lowest BCUT2D eigenvalue weighted by Gasteiger charge is -2.35. The fourth-order valence-corrected chi connectivity index (χ4v) is 3.09. The van der Waals surface area contributed by atoms with Gasteiger partial charge in [-0.05, 0) is 38.8 Å². The first-order valence-electron chi connectivity index (χ1n) is 8.89. The van der Waals surface area contributed by atoms with Gasteiger partial charge in [-0.25, -0.2) is 0 Å². The summed E-state index contributed by atoms with van der Waals surface area (Å²) in [5.74, 6) is 0.838. The van der Waals surface area contributed by atoms with Gasteiger partial charge < -0.3 is 15.4 Å². The van der Waals surface area contributed by atoms with E-state index in [0.717, 1.165) is 32.1 Å². The van der Waals surface area contributed by atoms with Crippen LogP contribution in [0, 0.1) is 0 Å². The first-order valence-corrected chi connectivity index (χ1v) is 8.89. The van der Waals surface area contributed by atoms with Crippen LogP contribution < -0.4 is 10.6 Å². The minimum atomic E-state index is 0.317. The summed E-state index contributed by atoms with van der Waals surface area (Å²) in [6.45, 7) is 12.3. The Balaban J connectivity index is 1.84. The highest BCUT2D eigenvalue weighted by Gasteiger charge is 2.21. The molecule has 1 aromatic carbocycles. The van der Waals surface area contributed by atoms with E-state index >= 15 is 0 Å². The van der Waals surface area contributed by atoms with Crippen LogP contribution in [-0.2, 0) is 17.8 Å². The van der Waals surface area contributed by atoms with Crippen molar-refractivity contribution in [3.05, 3.63) is 35.4 Å². The maximum absolute atomic E-state index is 5.80. The molecule has 0 bridgehead atoms. The van der Waals surface area contributed by atoms with E-state index in [-0.39, 0.29) is 0 Å². The number of guanidine groups is 1. The van der Waals surface area contributed by atoms with Crippen LogP contribution in [0.5, 0.6) is 0 Å². The molecule has 1 saturated heterocycles. The molecule has 0 saturated carbocycles. The summed E-state index contributed by atoms with van der Waals surface area (Å²) in [7, 11) is 1.80. The third kappa shape index (κ3) is 6.13. The molecule has 0 radical (unpaired) electrons. The Bertz CT molecular complexity index is 517. The van der Waals surface area contributed by atoms with Gasteiger partial charge in [-0.3, -0.25) is 9.89 Å². The zero-order valence-corrected chi connectivity index (χ0v) is 15.7. The van der Waals surface area contributed by atoms with Crippen molar-refractivity contribution in [2.24, 2.45) is 4.99 Å². The normalized spacial score (nSPS) is 22.7. The monoisotopic (exact) mass is 332 g/mol. The fourth-order valence-electron chi connectivity index (χ4n) is 3.09. The lowest BCUT2D eigenvalue weighted by atomic mass is 10.1. The number of morpholine rings is 1. The van der Waals surface area contributed by atoms with E-state index < -0.39 is 0 Å². The summed E-state index contributed by atoms with van der Waals surface area (Å²) >= 11 is 0. The van der Waals surface area contributed by atoms with E-state index in [1.807, 2.05) is 0 Å². The van der Waals surface area contributed by atoms with Crippen LogP contribution >= 0.6 is 0 Å². The van der Waals surface area contributed by atoms with Crippen LogP contribution in [-0.4, -0.2) is 49.2 Å². The topological polar surface area (TPSA) is 48.9 Å². The van der Waals surface area contributed by atoms with Crippen LogP contribution in [0.1, 0.15) is 38.8 Å². The second-order valence-electron chi connectivity index (χ2n) is 6.99. The first kappa shape index (κ1) is 18.7. The lowest BCUT2D eigenvalue weighted by Crippen LogP contribution is -2.44. The zero-order valence-electron chi connectivity index (χ0n) is 15.7. The number of ether oxygens (including phenoxy) is 1. The van der Waals surface area contributed by atoms with Gasteiger partial charge in [0.1, 0.15) is 0 Å². The number of aliphatic imine (C=N–C) groups is 1. The molecule has 5 heteroatoms. The van der Waals surface area contributed by atoms with Gasteiger partial charge in [0.2, 0.25) is 0 Å². The van der Waals surface area contributed by atoms with Crippen LogP contribution in [0.2, 0.25) is 0 Å². The Morgan fingerprint density at radius 3 is 2.29 bits per heavy atom. The highest BCUT2D eigenvalue weighted by atomic mass is 16.5. The van der Waals surface area contributed by atoms with Gasteiger partial charge in [-0.2, -0.15) is 0 Å². The zero-order chi connectivity index (χ0) is 17.5. The molecule has 0 aromatic heterocycles. The highest BCUT2D eigenvalue weighted by molar-refractivity contribution is 5.79. The molecular weight excluding hydrogens is 300 g/mol. The van der Waals surface area contributed by atoms with Crippen molar-refractivity contribution in [1.29, 1.82) is 0 Å². The van der Waals surface area contributed by atoms with Crippen molar-refractivity contribution in [1.82, 2.24) is 15.5 Å². The molecule has 2 unspecified atom stereocenters.